The van der Waals surface area contributed by atoms with Crippen LogP contribution in [0.2, 0.25) is 0 Å². The normalized spacial score (nSPS) is 10.3. The summed E-state index contributed by atoms with van der Waals surface area (Å²) in [6.07, 6.45) is 0. The molecule has 0 spiro atoms. The van der Waals surface area contributed by atoms with Crippen LogP contribution in [-0.4, -0.2) is 28.0 Å². The van der Waals surface area contributed by atoms with Crippen LogP contribution in [0, 0.1) is 10.1 Å². The molecule has 1 amide bonds. The van der Waals surface area contributed by atoms with Crippen LogP contribution in [0.4, 0.5) is 5.69 Å². The van der Waals surface area contributed by atoms with Crippen molar-refractivity contribution in [2.75, 3.05) is 12.3 Å². The lowest BCUT2D eigenvalue weighted by Gasteiger charge is -2.20. The van der Waals surface area contributed by atoms with Crippen molar-refractivity contribution < 1.29 is 9.72 Å². The Morgan fingerprint density at radius 3 is 2.35 bits per heavy atom. The van der Waals surface area contributed by atoms with Crippen molar-refractivity contribution in [1.82, 2.24) is 4.90 Å². The van der Waals surface area contributed by atoms with Crippen LogP contribution >= 0.6 is 11.8 Å². The van der Waals surface area contributed by atoms with Crippen LogP contribution < -0.4 is 0 Å². The number of carbonyl (C=O) groups is 1. The van der Waals surface area contributed by atoms with Gasteiger partial charge in [-0.3, -0.25) is 14.9 Å². The van der Waals surface area contributed by atoms with E-state index in [1.807, 2.05) is 37.3 Å². The van der Waals surface area contributed by atoms with E-state index in [-0.39, 0.29) is 11.6 Å². The number of nitrogens with zero attached hydrogens (tertiary/aromatic N) is 2. The lowest BCUT2D eigenvalue weighted by Crippen LogP contribution is -2.31. The Balaban J connectivity index is 1.90. The van der Waals surface area contributed by atoms with Gasteiger partial charge in [0.1, 0.15) is 0 Å². The Morgan fingerprint density at radius 1 is 1.13 bits per heavy atom. The molecule has 5 nitrogen and oxygen atoms in total. The summed E-state index contributed by atoms with van der Waals surface area (Å²) in [7, 11) is 0. The topological polar surface area (TPSA) is 63.5 Å². The molecule has 120 valence electrons. The van der Waals surface area contributed by atoms with Gasteiger partial charge in [0.2, 0.25) is 5.91 Å². The van der Waals surface area contributed by atoms with Gasteiger partial charge in [0.05, 0.1) is 10.7 Å². The molecule has 0 atom stereocenters. The molecule has 0 fully saturated rings. The van der Waals surface area contributed by atoms with Crippen LogP contribution in [0.3, 0.4) is 0 Å². The molecule has 6 heteroatoms. The molecular formula is C17H18N2O3S. The molecule has 0 aliphatic heterocycles. The first-order valence-corrected chi connectivity index (χ1v) is 8.27. The van der Waals surface area contributed by atoms with Gasteiger partial charge in [-0.25, -0.2) is 0 Å². The Bertz CT molecular complexity index is 659. The molecular weight excluding hydrogens is 312 g/mol. The molecule has 0 bridgehead atoms. The van der Waals surface area contributed by atoms with Crippen molar-refractivity contribution in [3.05, 3.63) is 70.3 Å². The van der Waals surface area contributed by atoms with E-state index in [9.17, 15) is 14.9 Å². The number of benzene rings is 2. The van der Waals surface area contributed by atoms with E-state index >= 15 is 0 Å². The summed E-state index contributed by atoms with van der Waals surface area (Å²) >= 11 is 1.39. The number of hydrogen-bond acceptors (Lipinski definition) is 4. The lowest BCUT2D eigenvalue weighted by molar-refractivity contribution is -0.384. The minimum Gasteiger partial charge on any atom is -0.338 e. The molecule has 0 aliphatic rings. The SMILES string of the molecule is CCN(Cc1ccccc1)C(=O)CSc1ccc([N+](=O)[O-])cc1. The maximum absolute atomic E-state index is 12.3. The zero-order chi connectivity index (χ0) is 16.7. The number of hydrogen-bond donors (Lipinski definition) is 0. The van der Waals surface area contributed by atoms with Crippen molar-refractivity contribution in [3.8, 4) is 0 Å². The number of nitro benzene ring substituents is 1. The average Bonchev–Trinajstić information content (AvgIpc) is 2.58. The molecule has 2 aromatic rings. The molecule has 2 aromatic carbocycles. The molecule has 2 rings (SSSR count). The average molecular weight is 330 g/mol. The summed E-state index contributed by atoms with van der Waals surface area (Å²) in [6, 6.07) is 16.1. The number of thioether (sulfide) groups is 1. The molecule has 0 radical (unpaired) electrons. The van der Waals surface area contributed by atoms with Gasteiger partial charge in [0.15, 0.2) is 0 Å². The molecule has 0 N–H and O–H groups in total. The van der Waals surface area contributed by atoms with Crippen LogP contribution in [-0.2, 0) is 11.3 Å². The summed E-state index contributed by atoms with van der Waals surface area (Å²) in [5, 5.41) is 10.6. The first kappa shape index (κ1) is 17.0. The molecule has 0 aromatic heterocycles. The third-order valence-electron chi connectivity index (χ3n) is 3.36. The number of nitro groups is 1. The molecule has 23 heavy (non-hydrogen) atoms. The van der Waals surface area contributed by atoms with E-state index in [0.29, 0.717) is 18.8 Å². The summed E-state index contributed by atoms with van der Waals surface area (Å²) in [5.41, 5.74) is 1.16. The Morgan fingerprint density at radius 2 is 1.78 bits per heavy atom. The van der Waals surface area contributed by atoms with E-state index in [2.05, 4.69) is 0 Å². The number of amides is 1. The standard InChI is InChI=1S/C17H18N2O3S/c1-2-18(12-14-6-4-3-5-7-14)17(20)13-23-16-10-8-15(9-11-16)19(21)22/h3-11H,2,12-13H2,1H3. The maximum Gasteiger partial charge on any atom is 0.269 e. The van der Waals surface area contributed by atoms with E-state index in [0.717, 1.165) is 10.5 Å². The highest BCUT2D eigenvalue weighted by Crippen LogP contribution is 2.22. The highest BCUT2D eigenvalue weighted by Gasteiger charge is 2.13. The summed E-state index contributed by atoms with van der Waals surface area (Å²) in [5.74, 6) is 0.373. The monoisotopic (exact) mass is 330 g/mol. The van der Waals surface area contributed by atoms with E-state index in [4.69, 9.17) is 0 Å². The quantitative estimate of drug-likeness (QED) is 0.441. The smallest absolute Gasteiger partial charge is 0.269 e. The number of carbonyl (C=O) groups excluding carboxylic acids is 1. The minimum atomic E-state index is -0.432. The molecule has 0 saturated carbocycles. The van der Waals surface area contributed by atoms with Crippen molar-refractivity contribution in [2.45, 2.75) is 18.4 Å². The Hall–Kier alpha value is -2.34. The van der Waals surface area contributed by atoms with Crippen molar-refractivity contribution in [1.29, 1.82) is 0 Å². The van der Waals surface area contributed by atoms with Crippen molar-refractivity contribution in [3.63, 3.8) is 0 Å². The summed E-state index contributed by atoms with van der Waals surface area (Å²) in [6.45, 7) is 3.20. The van der Waals surface area contributed by atoms with Crippen LogP contribution in [0.15, 0.2) is 59.5 Å². The highest BCUT2D eigenvalue weighted by atomic mass is 32.2. The zero-order valence-corrected chi connectivity index (χ0v) is 13.7. The second kappa shape index (κ2) is 8.33. The largest absolute Gasteiger partial charge is 0.338 e. The maximum atomic E-state index is 12.3. The van der Waals surface area contributed by atoms with Crippen LogP contribution in [0.25, 0.3) is 0 Å². The lowest BCUT2D eigenvalue weighted by atomic mass is 10.2. The summed E-state index contributed by atoms with van der Waals surface area (Å²) < 4.78 is 0. The Labute approximate surface area is 139 Å². The van der Waals surface area contributed by atoms with Crippen molar-refractivity contribution in [2.24, 2.45) is 0 Å². The second-order valence-corrected chi connectivity index (χ2v) is 5.98. The molecule has 0 saturated heterocycles. The predicted octanol–water partition coefficient (Wildman–Crippen LogP) is 3.74. The fourth-order valence-electron chi connectivity index (χ4n) is 2.08. The number of rotatable bonds is 7. The van der Waals surface area contributed by atoms with E-state index < -0.39 is 4.92 Å². The predicted molar refractivity (Wildman–Crippen MR) is 91.4 cm³/mol. The first-order valence-electron chi connectivity index (χ1n) is 7.29. The Kier molecular flexibility index (Phi) is 6.17. The van der Waals surface area contributed by atoms with E-state index in [1.54, 1.807) is 17.0 Å². The van der Waals surface area contributed by atoms with Gasteiger partial charge in [-0.15, -0.1) is 11.8 Å². The fraction of sp³-hybridized carbons (Fsp3) is 0.235. The minimum absolute atomic E-state index is 0.0553. The molecule has 0 unspecified atom stereocenters. The third kappa shape index (κ3) is 5.10. The van der Waals surface area contributed by atoms with Gasteiger partial charge < -0.3 is 4.90 Å². The fourth-order valence-corrected chi connectivity index (χ4v) is 2.88. The highest BCUT2D eigenvalue weighted by molar-refractivity contribution is 8.00. The number of non-ortho nitro benzene ring substituents is 1. The van der Waals surface area contributed by atoms with Gasteiger partial charge in [-0.2, -0.15) is 0 Å². The third-order valence-corrected chi connectivity index (χ3v) is 4.36. The second-order valence-electron chi connectivity index (χ2n) is 4.93. The molecule has 0 heterocycles. The van der Waals surface area contributed by atoms with Gasteiger partial charge in [0, 0.05) is 30.1 Å². The van der Waals surface area contributed by atoms with Gasteiger partial charge >= 0.3 is 0 Å². The van der Waals surface area contributed by atoms with Gasteiger partial charge in [0.25, 0.3) is 5.69 Å². The first-order chi connectivity index (χ1) is 11.1. The van der Waals surface area contributed by atoms with Crippen molar-refractivity contribution >= 4 is 23.4 Å². The van der Waals surface area contributed by atoms with Gasteiger partial charge in [-0.1, -0.05) is 30.3 Å². The summed E-state index contributed by atoms with van der Waals surface area (Å²) in [4.78, 5) is 25.2. The van der Waals surface area contributed by atoms with E-state index in [1.165, 1.54) is 23.9 Å². The zero-order valence-electron chi connectivity index (χ0n) is 12.8. The van der Waals surface area contributed by atoms with Gasteiger partial charge in [-0.05, 0) is 24.6 Å². The van der Waals surface area contributed by atoms with Crippen LogP contribution in [0.1, 0.15) is 12.5 Å². The molecule has 0 aliphatic carbocycles. The van der Waals surface area contributed by atoms with Crippen LogP contribution in [0.5, 0.6) is 0 Å².